The number of H-pyrrole nitrogens is 1. The molecule has 0 aliphatic heterocycles. The van der Waals surface area contributed by atoms with Crippen LogP contribution in [0.1, 0.15) is 6.92 Å². The lowest BCUT2D eigenvalue weighted by Gasteiger charge is -2.05. The highest BCUT2D eigenvalue weighted by atomic mass is 32.1. The van der Waals surface area contributed by atoms with Gasteiger partial charge in [-0.15, -0.1) is 0 Å². The van der Waals surface area contributed by atoms with Crippen molar-refractivity contribution in [2.75, 3.05) is 6.61 Å². The molecule has 1 aromatic carbocycles. The number of aromatic amines is 1. The van der Waals surface area contributed by atoms with Crippen molar-refractivity contribution in [2.24, 2.45) is 0 Å². The molecule has 1 aromatic heterocycles. The van der Waals surface area contributed by atoms with E-state index in [9.17, 15) is 0 Å². The fraction of sp³-hybridized carbons (Fsp3) is 0.167. The summed E-state index contributed by atoms with van der Waals surface area (Å²) in [6, 6.07) is 7.82. The molecule has 0 radical (unpaired) electrons. The Morgan fingerprint density at radius 1 is 1.44 bits per heavy atom. The molecule has 2 rings (SSSR count). The standard InChI is InChI=1S/C12H12N2OS/c1-2-15-10-5-3-4-9(6-10)11-7-13-8-14-12(11)16/h3-8H,2H2,1H3,(H,13,14,16). The number of ether oxygens (including phenoxy) is 1. The van der Waals surface area contributed by atoms with Crippen LogP contribution in [0.4, 0.5) is 0 Å². The predicted molar refractivity (Wildman–Crippen MR) is 66.0 cm³/mol. The van der Waals surface area contributed by atoms with Gasteiger partial charge in [0.1, 0.15) is 10.4 Å². The molecular formula is C12H12N2OS. The third-order valence-corrected chi connectivity index (χ3v) is 2.51. The molecule has 16 heavy (non-hydrogen) atoms. The number of rotatable bonds is 3. The Bertz CT molecular complexity index is 536. The minimum Gasteiger partial charge on any atom is -0.494 e. The first-order chi connectivity index (χ1) is 7.81. The Hall–Kier alpha value is -1.68. The van der Waals surface area contributed by atoms with Crippen LogP contribution in [0.25, 0.3) is 11.1 Å². The Labute approximate surface area is 99.1 Å². The van der Waals surface area contributed by atoms with E-state index in [1.165, 1.54) is 0 Å². The normalized spacial score (nSPS) is 10.1. The van der Waals surface area contributed by atoms with Crippen LogP contribution in [0, 0.1) is 4.64 Å². The molecule has 0 spiro atoms. The summed E-state index contributed by atoms with van der Waals surface area (Å²) in [7, 11) is 0. The highest BCUT2D eigenvalue weighted by Crippen LogP contribution is 2.23. The fourth-order valence-electron chi connectivity index (χ4n) is 1.47. The first-order valence-electron chi connectivity index (χ1n) is 5.07. The van der Waals surface area contributed by atoms with Crippen molar-refractivity contribution in [2.45, 2.75) is 6.92 Å². The first kappa shape index (κ1) is 10.8. The Morgan fingerprint density at radius 2 is 2.31 bits per heavy atom. The molecule has 0 amide bonds. The van der Waals surface area contributed by atoms with Crippen LogP contribution < -0.4 is 4.74 Å². The van der Waals surface area contributed by atoms with Crippen LogP contribution in [0.3, 0.4) is 0 Å². The molecule has 0 aliphatic carbocycles. The van der Waals surface area contributed by atoms with E-state index in [1.54, 1.807) is 12.5 Å². The van der Waals surface area contributed by atoms with Gasteiger partial charge in [0, 0.05) is 11.8 Å². The van der Waals surface area contributed by atoms with Crippen molar-refractivity contribution in [3.8, 4) is 16.9 Å². The van der Waals surface area contributed by atoms with Gasteiger partial charge in [-0.25, -0.2) is 4.98 Å². The summed E-state index contributed by atoms with van der Waals surface area (Å²) in [5.41, 5.74) is 1.93. The van der Waals surface area contributed by atoms with Gasteiger partial charge < -0.3 is 9.72 Å². The third-order valence-electron chi connectivity index (χ3n) is 2.17. The molecular weight excluding hydrogens is 220 g/mol. The maximum Gasteiger partial charge on any atom is 0.119 e. The van der Waals surface area contributed by atoms with Crippen molar-refractivity contribution < 1.29 is 4.74 Å². The summed E-state index contributed by atoms with van der Waals surface area (Å²) in [4.78, 5) is 6.95. The minimum atomic E-state index is 0.656. The van der Waals surface area contributed by atoms with E-state index in [2.05, 4.69) is 9.97 Å². The van der Waals surface area contributed by atoms with Crippen LogP contribution in [-0.2, 0) is 0 Å². The molecule has 0 unspecified atom stereocenters. The average Bonchev–Trinajstić information content (AvgIpc) is 2.30. The Balaban J connectivity index is 2.45. The number of hydrogen-bond donors (Lipinski definition) is 1. The second kappa shape index (κ2) is 4.90. The highest BCUT2D eigenvalue weighted by molar-refractivity contribution is 7.71. The Kier molecular flexibility index (Phi) is 3.31. The topological polar surface area (TPSA) is 37.9 Å². The minimum absolute atomic E-state index is 0.656. The van der Waals surface area contributed by atoms with Crippen molar-refractivity contribution in [3.63, 3.8) is 0 Å². The van der Waals surface area contributed by atoms with Crippen LogP contribution in [0.5, 0.6) is 5.75 Å². The molecule has 1 N–H and O–H groups in total. The van der Waals surface area contributed by atoms with Gasteiger partial charge in [0.05, 0.1) is 12.9 Å². The number of nitrogens with zero attached hydrogens (tertiary/aromatic N) is 1. The zero-order chi connectivity index (χ0) is 11.4. The van der Waals surface area contributed by atoms with E-state index in [0.29, 0.717) is 11.2 Å². The second-order valence-corrected chi connectivity index (χ2v) is 3.66. The summed E-state index contributed by atoms with van der Waals surface area (Å²) in [6.45, 7) is 2.62. The van der Waals surface area contributed by atoms with Crippen LogP contribution >= 0.6 is 12.2 Å². The van der Waals surface area contributed by atoms with E-state index in [-0.39, 0.29) is 0 Å². The highest BCUT2D eigenvalue weighted by Gasteiger charge is 2.01. The van der Waals surface area contributed by atoms with Crippen LogP contribution in [-0.4, -0.2) is 16.6 Å². The molecule has 0 atom stereocenters. The summed E-state index contributed by atoms with van der Waals surface area (Å²) < 4.78 is 6.13. The van der Waals surface area contributed by atoms with Gasteiger partial charge in [-0.2, -0.15) is 0 Å². The number of hydrogen-bond acceptors (Lipinski definition) is 3. The zero-order valence-corrected chi connectivity index (χ0v) is 9.75. The van der Waals surface area contributed by atoms with Gasteiger partial charge in [0.2, 0.25) is 0 Å². The lowest BCUT2D eigenvalue weighted by atomic mass is 10.1. The molecule has 82 valence electrons. The van der Waals surface area contributed by atoms with E-state index < -0.39 is 0 Å². The fourth-order valence-corrected chi connectivity index (χ4v) is 1.69. The molecule has 0 fully saturated rings. The SMILES string of the molecule is CCOc1cccc(-c2cnc[nH]c2=S)c1. The third kappa shape index (κ3) is 2.28. The van der Waals surface area contributed by atoms with Gasteiger partial charge in [0.15, 0.2) is 0 Å². The zero-order valence-electron chi connectivity index (χ0n) is 8.93. The molecule has 0 saturated heterocycles. The lowest BCUT2D eigenvalue weighted by molar-refractivity contribution is 0.340. The van der Waals surface area contributed by atoms with Gasteiger partial charge in [-0.05, 0) is 24.6 Å². The first-order valence-corrected chi connectivity index (χ1v) is 5.48. The molecule has 2 aromatic rings. The van der Waals surface area contributed by atoms with E-state index in [4.69, 9.17) is 17.0 Å². The van der Waals surface area contributed by atoms with Crippen LogP contribution in [0.2, 0.25) is 0 Å². The summed E-state index contributed by atoms with van der Waals surface area (Å²) in [6.07, 6.45) is 3.34. The molecule has 0 saturated carbocycles. The predicted octanol–water partition coefficient (Wildman–Crippen LogP) is 3.20. The lowest BCUT2D eigenvalue weighted by Crippen LogP contribution is -1.91. The van der Waals surface area contributed by atoms with E-state index in [0.717, 1.165) is 16.9 Å². The summed E-state index contributed by atoms with van der Waals surface area (Å²) in [5.74, 6) is 0.846. The average molecular weight is 232 g/mol. The molecule has 0 bridgehead atoms. The summed E-state index contributed by atoms with van der Waals surface area (Å²) >= 11 is 5.21. The Morgan fingerprint density at radius 3 is 3.06 bits per heavy atom. The van der Waals surface area contributed by atoms with Crippen molar-refractivity contribution in [1.29, 1.82) is 0 Å². The van der Waals surface area contributed by atoms with Gasteiger partial charge in [-0.3, -0.25) is 0 Å². The maximum atomic E-state index is 5.44. The molecule has 1 heterocycles. The molecule has 4 heteroatoms. The van der Waals surface area contributed by atoms with E-state index in [1.807, 2.05) is 31.2 Å². The smallest absolute Gasteiger partial charge is 0.119 e. The molecule has 0 aliphatic rings. The van der Waals surface area contributed by atoms with Crippen molar-refractivity contribution >= 4 is 12.2 Å². The largest absolute Gasteiger partial charge is 0.494 e. The monoisotopic (exact) mass is 232 g/mol. The van der Waals surface area contributed by atoms with Gasteiger partial charge >= 0.3 is 0 Å². The maximum absolute atomic E-state index is 5.44. The van der Waals surface area contributed by atoms with Gasteiger partial charge in [-0.1, -0.05) is 24.4 Å². The van der Waals surface area contributed by atoms with Crippen LogP contribution in [0.15, 0.2) is 36.8 Å². The van der Waals surface area contributed by atoms with Crippen molar-refractivity contribution in [1.82, 2.24) is 9.97 Å². The number of aromatic nitrogens is 2. The van der Waals surface area contributed by atoms with E-state index >= 15 is 0 Å². The molecule has 3 nitrogen and oxygen atoms in total. The second-order valence-electron chi connectivity index (χ2n) is 3.26. The van der Waals surface area contributed by atoms with Gasteiger partial charge in [0.25, 0.3) is 0 Å². The number of benzene rings is 1. The van der Waals surface area contributed by atoms with Crippen molar-refractivity contribution in [3.05, 3.63) is 41.4 Å². The summed E-state index contributed by atoms with van der Waals surface area (Å²) in [5, 5.41) is 0. The quantitative estimate of drug-likeness (QED) is 0.826. The number of nitrogens with one attached hydrogen (secondary N) is 1.